The maximum absolute atomic E-state index is 14.3. The van der Waals surface area contributed by atoms with Crippen molar-refractivity contribution in [3.05, 3.63) is 58.9 Å². The third-order valence-corrected chi connectivity index (χ3v) is 6.17. The summed E-state index contributed by atoms with van der Waals surface area (Å²) in [6, 6.07) is 8.50. The van der Waals surface area contributed by atoms with Gasteiger partial charge in [-0.25, -0.2) is 4.39 Å². The summed E-state index contributed by atoms with van der Waals surface area (Å²) in [5.41, 5.74) is 8.52. The number of hydrogen-bond acceptors (Lipinski definition) is 6. The summed E-state index contributed by atoms with van der Waals surface area (Å²) in [4.78, 5) is 20.3. The molecule has 3 aromatic heterocycles. The van der Waals surface area contributed by atoms with Gasteiger partial charge in [-0.05, 0) is 29.8 Å². The first-order valence-corrected chi connectivity index (χ1v) is 10.7. The Morgan fingerprint density at radius 1 is 1.12 bits per heavy atom. The lowest BCUT2D eigenvalue weighted by molar-refractivity contribution is 0.0261. The van der Waals surface area contributed by atoms with Crippen molar-refractivity contribution in [3.63, 3.8) is 0 Å². The monoisotopic (exact) mass is 445 g/mol. The maximum atomic E-state index is 14.3. The predicted molar refractivity (Wildman–Crippen MR) is 124 cm³/mol. The second-order valence-corrected chi connectivity index (χ2v) is 8.12. The van der Waals surface area contributed by atoms with Gasteiger partial charge < -0.3 is 20.2 Å². The van der Waals surface area contributed by atoms with E-state index in [2.05, 4.69) is 20.2 Å². The number of benzene rings is 2. The van der Waals surface area contributed by atoms with Gasteiger partial charge in [0.25, 0.3) is 5.56 Å². The van der Waals surface area contributed by atoms with Crippen molar-refractivity contribution >= 4 is 38.4 Å². The molecule has 2 aromatic carbocycles. The van der Waals surface area contributed by atoms with Crippen LogP contribution in [0.1, 0.15) is 12.8 Å². The number of fused-ring (bicyclic) bond motifs is 4. The second kappa shape index (κ2) is 7.56. The van der Waals surface area contributed by atoms with Crippen LogP contribution in [0.25, 0.3) is 43.8 Å². The van der Waals surface area contributed by atoms with Gasteiger partial charge in [0.05, 0.1) is 24.9 Å². The molecule has 4 heterocycles. The van der Waals surface area contributed by atoms with E-state index in [9.17, 15) is 9.18 Å². The van der Waals surface area contributed by atoms with E-state index in [1.165, 1.54) is 12.3 Å². The Bertz CT molecular complexity index is 1590. The maximum Gasteiger partial charge on any atom is 0.272 e. The Kier molecular flexibility index (Phi) is 4.51. The van der Waals surface area contributed by atoms with Gasteiger partial charge in [0, 0.05) is 40.8 Å². The highest BCUT2D eigenvalue weighted by atomic mass is 19.1. The Balaban J connectivity index is 1.69. The van der Waals surface area contributed by atoms with Crippen molar-refractivity contribution < 1.29 is 13.9 Å². The summed E-state index contributed by atoms with van der Waals surface area (Å²) >= 11 is 0. The smallest absolute Gasteiger partial charge is 0.272 e. The normalized spacial score (nSPS) is 14.9. The lowest BCUT2D eigenvalue weighted by Gasteiger charge is -2.24. The van der Waals surface area contributed by atoms with Gasteiger partial charge in [0.1, 0.15) is 34.4 Å². The predicted octanol–water partition coefficient (Wildman–Crippen LogP) is 3.90. The fourth-order valence-corrected chi connectivity index (χ4v) is 4.56. The molecule has 33 heavy (non-hydrogen) atoms. The molecule has 1 aliphatic rings. The molecule has 8 nitrogen and oxygen atoms in total. The average molecular weight is 445 g/mol. The number of anilines is 1. The number of nitrogens with zero attached hydrogens (tertiary/aromatic N) is 2. The number of nitrogens with two attached hydrogens (primary N) is 1. The quantitative estimate of drug-likeness (QED) is 0.363. The third kappa shape index (κ3) is 3.12. The first kappa shape index (κ1) is 19.7. The van der Waals surface area contributed by atoms with Crippen LogP contribution >= 0.6 is 0 Å². The van der Waals surface area contributed by atoms with E-state index < -0.39 is 11.4 Å². The SMILES string of the molecule is Nc1c(-c2ccc(F)c3[nH]ncc23)c2cc(OC3CCOCC3)c3ncccc3c2[nH]c1=O. The molecule has 5 aromatic rings. The van der Waals surface area contributed by atoms with Crippen molar-refractivity contribution in [3.8, 4) is 16.9 Å². The number of hydrogen-bond donors (Lipinski definition) is 3. The first-order valence-electron chi connectivity index (χ1n) is 10.7. The molecular formula is C24H20FN5O3. The Hall–Kier alpha value is -3.98. The van der Waals surface area contributed by atoms with Gasteiger partial charge >= 0.3 is 0 Å². The fraction of sp³-hybridized carbons (Fsp3) is 0.208. The van der Waals surface area contributed by atoms with Gasteiger partial charge in [-0.3, -0.25) is 14.9 Å². The molecule has 9 heteroatoms. The van der Waals surface area contributed by atoms with Gasteiger partial charge in [-0.1, -0.05) is 6.07 Å². The lowest BCUT2D eigenvalue weighted by atomic mass is 9.95. The number of nitrogens with one attached hydrogen (secondary N) is 2. The first-order chi connectivity index (χ1) is 16.1. The van der Waals surface area contributed by atoms with E-state index in [1.807, 2.05) is 12.1 Å². The van der Waals surface area contributed by atoms with E-state index in [1.54, 1.807) is 18.3 Å². The molecule has 1 fully saturated rings. The zero-order valence-corrected chi connectivity index (χ0v) is 17.5. The number of halogens is 1. The van der Waals surface area contributed by atoms with Gasteiger partial charge in [-0.2, -0.15) is 5.10 Å². The van der Waals surface area contributed by atoms with Crippen LogP contribution in [-0.4, -0.2) is 39.5 Å². The summed E-state index contributed by atoms with van der Waals surface area (Å²) < 4.78 is 26.2. The number of aromatic amines is 2. The van der Waals surface area contributed by atoms with E-state index in [4.69, 9.17) is 15.2 Å². The molecule has 0 saturated carbocycles. The summed E-state index contributed by atoms with van der Waals surface area (Å²) in [7, 11) is 0. The highest BCUT2D eigenvalue weighted by Gasteiger charge is 2.22. The molecule has 4 N–H and O–H groups in total. The van der Waals surface area contributed by atoms with Gasteiger partial charge in [0.15, 0.2) is 0 Å². The van der Waals surface area contributed by atoms with Crippen LogP contribution in [0.5, 0.6) is 5.75 Å². The van der Waals surface area contributed by atoms with Crippen LogP contribution in [0.3, 0.4) is 0 Å². The van der Waals surface area contributed by atoms with Crippen LogP contribution in [0.2, 0.25) is 0 Å². The average Bonchev–Trinajstić information content (AvgIpc) is 3.33. The van der Waals surface area contributed by atoms with Crippen LogP contribution in [0.15, 0.2) is 47.5 Å². The Labute approximate surface area is 186 Å². The van der Waals surface area contributed by atoms with Crippen LogP contribution in [-0.2, 0) is 4.74 Å². The topological polar surface area (TPSA) is 119 Å². The lowest BCUT2D eigenvalue weighted by Crippen LogP contribution is -2.26. The van der Waals surface area contributed by atoms with E-state index in [-0.39, 0.29) is 17.3 Å². The molecule has 166 valence electrons. The summed E-state index contributed by atoms with van der Waals surface area (Å²) in [6.07, 6.45) is 4.77. The van der Waals surface area contributed by atoms with Crippen LogP contribution < -0.4 is 16.0 Å². The molecule has 6 rings (SSSR count). The van der Waals surface area contributed by atoms with Gasteiger partial charge in [-0.15, -0.1) is 0 Å². The van der Waals surface area contributed by atoms with E-state index >= 15 is 0 Å². The number of rotatable bonds is 3. The molecule has 0 bridgehead atoms. The minimum absolute atomic E-state index is 0.00336. The van der Waals surface area contributed by atoms with Crippen molar-refractivity contribution in [1.82, 2.24) is 20.2 Å². The minimum atomic E-state index is -0.433. The number of nitrogen functional groups attached to an aromatic ring is 1. The standard InChI is InChI=1S/C24H20FN5O3/c25-17-4-3-13(16-11-28-30-22(16)17)19-15-10-18(33-12-5-8-32-9-6-12)23-14(2-1-7-27-23)21(15)29-24(31)20(19)26/h1-4,7,10-12H,5-6,8-9,26H2,(H,28,30)(H,29,31). The summed E-state index contributed by atoms with van der Waals surface area (Å²) in [5, 5.41) is 8.62. The van der Waals surface area contributed by atoms with Crippen molar-refractivity contribution in [2.75, 3.05) is 18.9 Å². The van der Waals surface area contributed by atoms with Gasteiger partial charge in [0.2, 0.25) is 0 Å². The molecule has 1 saturated heterocycles. The summed E-state index contributed by atoms with van der Waals surface area (Å²) in [6.45, 7) is 1.28. The van der Waals surface area contributed by atoms with Crippen molar-refractivity contribution in [1.29, 1.82) is 0 Å². The summed E-state index contributed by atoms with van der Waals surface area (Å²) in [5.74, 6) is 0.167. The molecule has 0 spiro atoms. The number of pyridine rings is 2. The zero-order valence-electron chi connectivity index (χ0n) is 17.5. The molecule has 0 aliphatic carbocycles. The molecule has 0 amide bonds. The highest BCUT2D eigenvalue weighted by Crippen LogP contribution is 2.41. The molecule has 0 unspecified atom stereocenters. The highest BCUT2D eigenvalue weighted by molar-refractivity contribution is 6.15. The zero-order chi connectivity index (χ0) is 22.5. The minimum Gasteiger partial charge on any atom is -0.488 e. The molecular weight excluding hydrogens is 425 g/mol. The molecule has 0 radical (unpaired) electrons. The van der Waals surface area contributed by atoms with E-state index in [0.717, 1.165) is 18.2 Å². The Morgan fingerprint density at radius 3 is 2.82 bits per heavy atom. The Morgan fingerprint density at radius 2 is 1.97 bits per heavy atom. The number of H-pyrrole nitrogens is 2. The molecule has 1 aliphatic heterocycles. The van der Waals surface area contributed by atoms with E-state index in [0.29, 0.717) is 51.9 Å². The molecule has 0 atom stereocenters. The number of aromatic nitrogens is 4. The van der Waals surface area contributed by atoms with Crippen LogP contribution in [0.4, 0.5) is 10.1 Å². The van der Waals surface area contributed by atoms with Crippen LogP contribution in [0, 0.1) is 5.82 Å². The third-order valence-electron chi connectivity index (χ3n) is 6.17. The van der Waals surface area contributed by atoms with Crippen molar-refractivity contribution in [2.45, 2.75) is 18.9 Å². The number of ether oxygens (including phenoxy) is 2. The van der Waals surface area contributed by atoms with Crippen molar-refractivity contribution in [2.24, 2.45) is 0 Å². The largest absolute Gasteiger partial charge is 0.488 e. The fourth-order valence-electron chi connectivity index (χ4n) is 4.56. The second-order valence-electron chi connectivity index (χ2n) is 8.12.